The van der Waals surface area contributed by atoms with Crippen LogP contribution in [-0.2, 0) is 4.79 Å². The molecule has 4 nitrogen and oxygen atoms in total. The predicted molar refractivity (Wildman–Crippen MR) is 51.7 cm³/mol. The van der Waals surface area contributed by atoms with E-state index in [1.165, 1.54) is 6.20 Å². The van der Waals surface area contributed by atoms with Gasteiger partial charge >= 0.3 is 0 Å². The van der Waals surface area contributed by atoms with Gasteiger partial charge in [-0.2, -0.15) is 0 Å². The van der Waals surface area contributed by atoms with Gasteiger partial charge in [0, 0.05) is 30.8 Å². The number of hydrogen-bond acceptors (Lipinski definition) is 3. The number of nitrogens with zero attached hydrogens (tertiary/aromatic N) is 1. The number of nitrogens with two attached hydrogens (primary N) is 1. The average molecular weight is 192 g/mol. The van der Waals surface area contributed by atoms with E-state index >= 15 is 0 Å². The molecule has 1 rings (SSSR count). The van der Waals surface area contributed by atoms with Gasteiger partial charge in [-0.05, 0) is 18.6 Å². The van der Waals surface area contributed by atoms with Crippen molar-refractivity contribution in [2.24, 2.45) is 5.73 Å². The van der Waals surface area contributed by atoms with E-state index in [4.69, 9.17) is 5.73 Å². The Balaban J connectivity index is 2.70. The van der Waals surface area contributed by atoms with E-state index < -0.39 is 5.91 Å². The number of aromatic nitrogens is 1. The van der Waals surface area contributed by atoms with Crippen LogP contribution in [0.5, 0.6) is 0 Å². The highest BCUT2D eigenvalue weighted by atomic mass is 16.1. The molecule has 0 saturated heterocycles. The molecule has 0 aromatic carbocycles. The molecule has 0 aliphatic rings. The molecule has 2 N–H and O–H groups in total. The van der Waals surface area contributed by atoms with Gasteiger partial charge in [-0.1, -0.05) is 0 Å². The van der Waals surface area contributed by atoms with Gasteiger partial charge in [0.2, 0.25) is 5.91 Å². The number of pyridine rings is 1. The quantitative estimate of drug-likeness (QED) is 0.718. The number of aryl methyl sites for hydroxylation is 1. The number of carbonyl (C=O) groups excluding carboxylic acids is 2. The molecule has 0 spiro atoms. The first kappa shape index (κ1) is 10.4. The fourth-order valence-corrected chi connectivity index (χ4v) is 1.13. The number of primary amides is 1. The van der Waals surface area contributed by atoms with Gasteiger partial charge in [-0.15, -0.1) is 0 Å². The standard InChI is InChI=1S/C10H12N2O2/c1-7-4-5-12-6-8(7)9(13)2-3-10(11)14/h4-6H,2-3H2,1H3,(H2,11,14). The fraction of sp³-hybridized carbons (Fsp3) is 0.300. The third kappa shape index (κ3) is 2.65. The third-order valence-electron chi connectivity index (χ3n) is 1.94. The van der Waals surface area contributed by atoms with Crippen molar-refractivity contribution in [2.75, 3.05) is 0 Å². The maximum Gasteiger partial charge on any atom is 0.217 e. The lowest BCUT2D eigenvalue weighted by atomic mass is 10.0. The van der Waals surface area contributed by atoms with Crippen molar-refractivity contribution in [2.45, 2.75) is 19.8 Å². The van der Waals surface area contributed by atoms with Crippen molar-refractivity contribution in [3.63, 3.8) is 0 Å². The van der Waals surface area contributed by atoms with Crippen molar-refractivity contribution in [1.29, 1.82) is 0 Å². The summed E-state index contributed by atoms with van der Waals surface area (Å²) in [4.78, 5) is 25.9. The molecular formula is C10H12N2O2. The van der Waals surface area contributed by atoms with Crippen LogP contribution in [0.25, 0.3) is 0 Å². The zero-order valence-corrected chi connectivity index (χ0v) is 7.99. The van der Waals surface area contributed by atoms with Crippen LogP contribution < -0.4 is 5.73 Å². The number of Topliss-reactive ketones (excluding diaryl/α,β-unsaturated/α-hetero) is 1. The monoisotopic (exact) mass is 192 g/mol. The second-order valence-corrected chi connectivity index (χ2v) is 3.08. The smallest absolute Gasteiger partial charge is 0.217 e. The van der Waals surface area contributed by atoms with Crippen LogP contribution in [0.4, 0.5) is 0 Å². The lowest BCUT2D eigenvalue weighted by Crippen LogP contribution is -2.13. The van der Waals surface area contributed by atoms with Crippen molar-refractivity contribution in [3.05, 3.63) is 29.6 Å². The first-order valence-electron chi connectivity index (χ1n) is 4.33. The van der Waals surface area contributed by atoms with Crippen LogP contribution in [0.1, 0.15) is 28.8 Å². The maximum absolute atomic E-state index is 11.5. The lowest BCUT2D eigenvalue weighted by Gasteiger charge is -2.01. The van der Waals surface area contributed by atoms with Crippen LogP contribution in [0, 0.1) is 6.92 Å². The second kappa shape index (κ2) is 4.50. The van der Waals surface area contributed by atoms with E-state index in [9.17, 15) is 9.59 Å². The Kier molecular flexibility index (Phi) is 3.34. The van der Waals surface area contributed by atoms with Crippen LogP contribution in [0.3, 0.4) is 0 Å². The van der Waals surface area contributed by atoms with Gasteiger partial charge in [0.25, 0.3) is 0 Å². The SMILES string of the molecule is Cc1ccncc1C(=O)CCC(N)=O. The highest BCUT2D eigenvalue weighted by Crippen LogP contribution is 2.08. The van der Waals surface area contributed by atoms with Gasteiger partial charge in [0.05, 0.1) is 0 Å². The minimum Gasteiger partial charge on any atom is -0.370 e. The molecule has 1 amide bonds. The Morgan fingerprint density at radius 1 is 1.43 bits per heavy atom. The third-order valence-corrected chi connectivity index (χ3v) is 1.94. The van der Waals surface area contributed by atoms with Crippen molar-refractivity contribution >= 4 is 11.7 Å². The summed E-state index contributed by atoms with van der Waals surface area (Å²) in [5.41, 5.74) is 6.38. The van der Waals surface area contributed by atoms with Crippen molar-refractivity contribution < 1.29 is 9.59 Å². The number of rotatable bonds is 4. The number of carbonyl (C=O) groups is 2. The van der Waals surface area contributed by atoms with Crippen LogP contribution in [0.15, 0.2) is 18.5 Å². The highest BCUT2D eigenvalue weighted by molar-refractivity contribution is 5.98. The second-order valence-electron chi connectivity index (χ2n) is 3.08. The van der Waals surface area contributed by atoms with Crippen LogP contribution in [-0.4, -0.2) is 16.7 Å². The van der Waals surface area contributed by atoms with Crippen LogP contribution in [0.2, 0.25) is 0 Å². The Hall–Kier alpha value is -1.71. The van der Waals surface area contributed by atoms with Gasteiger partial charge in [0.15, 0.2) is 5.78 Å². The van der Waals surface area contributed by atoms with E-state index in [2.05, 4.69) is 4.98 Å². The van der Waals surface area contributed by atoms with Crippen LogP contribution >= 0.6 is 0 Å². The van der Waals surface area contributed by atoms with E-state index in [1.807, 2.05) is 6.92 Å². The minimum absolute atomic E-state index is 0.0885. The minimum atomic E-state index is -0.458. The summed E-state index contributed by atoms with van der Waals surface area (Å²) >= 11 is 0. The zero-order chi connectivity index (χ0) is 10.6. The van der Waals surface area contributed by atoms with E-state index in [0.717, 1.165) is 5.56 Å². The van der Waals surface area contributed by atoms with Crippen molar-refractivity contribution in [3.8, 4) is 0 Å². The molecule has 0 radical (unpaired) electrons. The first-order valence-corrected chi connectivity index (χ1v) is 4.33. The summed E-state index contributed by atoms with van der Waals surface area (Å²) in [6.45, 7) is 1.83. The van der Waals surface area contributed by atoms with Crippen molar-refractivity contribution in [1.82, 2.24) is 4.98 Å². The number of amides is 1. The molecule has 0 fully saturated rings. The largest absolute Gasteiger partial charge is 0.370 e. The molecular weight excluding hydrogens is 180 g/mol. The normalized spacial score (nSPS) is 9.79. The first-order chi connectivity index (χ1) is 6.61. The summed E-state index contributed by atoms with van der Waals surface area (Å²) in [6.07, 6.45) is 3.38. The van der Waals surface area contributed by atoms with Gasteiger partial charge in [-0.3, -0.25) is 14.6 Å². The Morgan fingerprint density at radius 3 is 2.71 bits per heavy atom. The molecule has 0 aliphatic carbocycles. The average Bonchev–Trinajstić information content (AvgIpc) is 2.15. The number of hydrogen-bond donors (Lipinski definition) is 1. The Bertz CT molecular complexity index is 361. The molecule has 0 atom stereocenters. The molecule has 1 aromatic rings. The summed E-state index contributed by atoms with van der Waals surface area (Å²) in [6, 6.07) is 1.76. The van der Waals surface area contributed by atoms with E-state index in [1.54, 1.807) is 12.3 Å². The van der Waals surface area contributed by atoms with Gasteiger partial charge < -0.3 is 5.73 Å². The van der Waals surface area contributed by atoms with Gasteiger partial charge in [-0.25, -0.2) is 0 Å². The molecule has 4 heteroatoms. The Morgan fingerprint density at radius 2 is 2.14 bits per heavy atom. The van der Waals surface area contributed by atoms with E-state index in [0.29, 0.717) is 5.56 Å². The van der Waals surface area contributed by atoms with Gasteiger partial charge in [0.1, 0.15) is 0 Å². The summed E-state index contributed by atoms with van der Waals surface area (Å²) in [5.74, 6) is -0.547. The molecule has 0 unspecified atom stereocenters. The van der Waals surface area contributed by atoms with E-state index in [-0.39, 0.29) is 18.6 Å². The fourth-order valence-electron chi connectivity index (χ4n) is 1.13. The summed E-state index contributed by atoms with van der Waals surface area (Å²) in [5, 5.41) is 0. The molecule has 14 heavy (non-hydrogen) atoms. The molecule has 74 valence electrons. The molecule has 1 heterocycles. The summed E-state index contributed by atoms with van der Waals surface area (Å²) < 4.78 is 0. The molecule has 0 bridgehead atoms. The maximum atomic E-state index is 11.5. The predicted octanol–water partition coefficient (Wildman–Crippen LogP) is 0.838. The topological polar surface area (TPSA) is 73.1 Å². The Labute approximate surface area is 82.1 Å². The summed E-state index contributed by atoms with van der Waals surface area (Å²) in [7, 11) is 0. The molecule has 1 aromatic heterocycles. The number of ketones is 1. The highest BCUT2D eigenvalue weighted by Gasteiger charge is 2.09. The lowest BCUT2D eigenvalue weighted by molar-refractivity contribution is -0.118. The zero-order valence-electron chi connectivity index (χ0n) is 7.99. The molecule has 0 aliphatic heterocycles. The molecule has 0 saturated carbocycles.